The molecule has 9 heteroatoms. The summed E-state index contributed by atoms with van der Waals surface area (Å²) in [7, 11) is -3.62. The average molecular weight is 397 g/mol. The number of sulfone groups is 1. The van der Waals surface area contributed by atoms with Gasteiger partial charge in [0.15, 0.2) is 9.84 Å². The van der Waals surface area contributed by atoms with Gasteiger partial charge in [-0.05, 0) is 24.8 Å². The Morgan fingerprint density at radius 3 is 2.59 bits per heavy atom. The Balaban J connectivity index is 2.20. The molecule has 1 fully saturated rings. The SMILES string of the molecule is CC(C)(C)C(=O)NCC1CCCN(c2ccc([N+](=O)[O-])cc2S(C)(=O)=O)C1. The molecule has 1 N–H and O–H groups in total. The molecule has 1 aromatic rings. The number of piperidine rings is 1. The molecule has 1 atom stereocenters. The Bertz CT molecular complexity index is 830. The quantitative estimate of drug-likeness (QED) is 0.603. The van der Waals surface area contributed by atoms with Crippen LogP contribution in [-0.4, -0.2) is 45.1 Å². The van der Waals surface area contributed by atoms with E-state index in [4.69, 9.17) is 0 Å². The van der Waals surface area contributed by atoms with Gasteiger partial charge in [0.2, 0.25) is 5.91 Å². The molecule has 0 aliphatic carbocycles. The van der Waals surface area contributed by atoms with Crippen LogP contribution < -0.4 is 10.2 Å². The number of carbonyl (C=O) groups is 1. The topological polar surface area (TPSA) is 110 Å². The smallest absolute Gasteiger partial charge is 0.270 e. The average Bonchev–Trinajstić information content (AvgIpc) is 2.57. The predicted molar refractivity (Wildman–Crippen MR) is 104 cm³/mol. The molecule has 1 aliphatic rings. The van der Waals surface area contributed by atoms with Crippen LogP contribution in [0.5, 0.6) is 0 Å². The van der Waals surface area contributed by atoms with E-state index in [1.54, 1.807) is 0 Å². The van der Waals surface area contributed by atoms with Crippen LogP contribution in [0, 0.1) is 21.4 Å². The van der Waals surface area contributed by atoms with E-state index in [1.807, 2.05) is 25.7 Å². The third-order valence-electron chi connectivity index (χ3n) is 4.65. The highest BCUT2D eigenvalue weighted by Gasteiger charge is 2.28. The van der Waals surface area contributed by atoms with Crippen molar-refractivity contribution in [1.29, 1.82) is 0 Å². The number of nitro groups is 1. The number of hydrogen-bond donors (Lipinski definition) is 1. The van der Waals surface area contributed by atoms with Gasteiger partial charge in [0.25, 0.3) is 5.69 Å². The highest BCUT2D eigenvalue weighted by Crippen LogP contribution is 2.32. The van der Waals surface area contributed by atoms with Crippen LogP contribution in [-0.2, 0) is 14.6 Å². The van der Waals surface area contributed by atoms with Crippen LogP contribution >= 0.6 is 0 Å². The number of carbonyl (C=O) groups excluding carboxylic acids is 1. The number of nitrogens with one attached hydrogen (secondary N) is 1. The van der Waals surface area contributed by atoms with E-state index in [2.05, 4.69) is 5.32 Å². The van der Waals surface area contributed by atoms with Crippen molar-refractivity contribution in [2.24, 2.45) is 11.3 Å². The molecule has 27 heavy (non-hydrogen) atoms. The molecule has 0 saturated carbocycles. The van der Waals surface area contributed by atoms with E-state index < -0.39 is 20.2 Å². The summed E-state index contributed by atoms with van der Waals surface area (Å²) in [6.45, 7) is 7.34. The highest BCUT2D eigenvalue weighted by atomic mass is 32.2. The van der Waals surface area contributed by atoms with Crippen molar-refractivity contribution in [2.45, 2.75) is 38.5 Å². The molecule has 8 nitrogen and oxygen atoms in total. The van der Waals surface area contributed by atoms with E-state index >= 15 is 0 Å². The van der Waals surface area contributed by atoms with Gasteiger partial charge in [0.05, 0.1) is 15.5 Å². The molecule has 1 saturated heterocycles. The first-order valence-electron chi connectivity index (χ1n) is 8.91. The highest BCUT2D eigenvalue weighted by molar-refractivity contribution is 7.90. The summed E-state index contributed by atoms with van der Waals surface area (Å²) in [4.78, 5) is 24.4. The molecule has 150 valence electrons. The number of rotatable bonds is 5. The fourth-order valence-electron chi connectivity index (χ4n) is 3.13. The van der Waals surface area contributed by atoms with Crippen molar-refractivity contribution in [3.63, 3.8) is 0 Å². The zero-order valence-corrected chi connectivity index (χ0v) is 17.0. The Morgan fingerprint density at radius 1 is 1.37 bits per heavy atom. The van der Waals surface area contributed by atoms with Crippen LogP contribution in [0.1, 0.15) is 33.6 Å². The molecule has 0 spiro atoms. The molecule has 1 heterocycles. The number of benzene rings is 1. The molecule has 0 radical (unpaired) electrons. The Hall–Kier alpha value is -2.16. The van der Waals surface area contributed by atoms with E-state index in [-0.39, 0.29) is 22.4 Å². The lowest BCUT2D eigenvalue weighted by molar-refractivity contribution is -0.385. The van der Waals surface area contributed by atoms with E-state index in [9.17, 15) is 23.3 Å². The summed E-state index contributed by atoms with van der Waals surface area (Å²) in [5.74, 6) is 0.166. The molecule has 1 amide bonds. The predicted octanol–water partition coefficient (Wildman–Crippen LogP) is 2.38. The van der Waals surface area contributed by atoms with E-state index in [1.165, 1.54) is 12.1 Å². The number of nitrogens with zero attached hydrogens (tertiary/aromatic N) is 2. The summed E-state index contributed by atoms with van der Waals surface area (Å²) in [6.07, 6.45) is 2.85. The second kappa shape index (κ2) is 7.84. The third kappa shape index (κ3) is 5.41. The molecule has 0 bridgehead atoms. The second-order valence-corrected chi connectivity index (χ2v) is 10.1. The first-order valence-corrected chi connectivity index (χ1v) is 10.8. The lowest BCUT2D eigenvalue weighted by Gasteiger charge is -2.35. The minimum atomic E-state index is -3.62. The summed E-state index contributed by atoms with van der Waals surface area (Å²) in [5, 5.41) is 14.0. The zero-order chi connectivity index (χ0) is 20.4. The van der Waals surface area contributed by atoms with Crippen molar-refractivity contribution in [2.75, 3.05) is 30.8 Å². The normalized spacial score (nSPS) is 18.2. The Kier molecular flexibility index (Phi) is 6.14. The largest absolute Gasteiger partial charge is 0.370 e. The first-order chi connectivity index (χ1) is 12.4. The molecule has 0 aromatic heterocycles. The molecular formula is C18H27N3O5S. The van der Waals surface area contributed by atoms with Crippen molar-refractivity contribution in [3.8, 4) is 0 Å². The lowest BCUT2D eigenvalue weighted by Crippen LogP contribution is -2.43. The van der Waals surface area contributed by atoms with Crippen LogP contribution in [0.15, 0.2) is 23.1 Å². The fourth-order valence-corrected chi connectivity index (χ4v) is 4.04. The van der Waals surface area contributed by atoms with Gasteiger partial charge in [-0.25, -0.2) is 8.42 Å². The molecule has 2 rings (SSSR count). The van der Waals surface area contributed by atoms with Crippen molar-refractivity contribution < 1.29 is 18.1 Å². The molecule has 1 aromatic carbocycles. The van der Waals surface area contributed by atoms with Gasteiger partial charge in [-0.3, -0.25) is 14.9 Å². The fraction of sp³-hybridized carbons (Fsp3) is 0.611. The van der Waals surface area contributed by atoms with Crippen molar-refractivity contribution >= 4 is 27.1 Å². The standard InChI is InChI=1S/C18H27N3O5S/c1-18(2,3)17(22)19-11-13-6-5-9-20(12-13)15-8-7-14(21(23)24)10-16(15)27(4,25)26/h7-8,10,13H,5-6,9,11-12H2,1-4H3,(H,19,22). The van der Waals surface area contributed by atoms with Crippen LogP contribution in [0.3, 0.4) is 0 Å². The van der Waals surface area contributed by atoms with Crippen molar-refractivity contribution in [3.05, 3.63) is 28.3 Å². The van der Waals surface area contributed by atoms with Gasteiger partial charge in [0, 0.05) is 43.4 Å². The summed E-state index contributed by atoms with van der Waals surface area (Å²) in [5.41, 5.74) is -0.226. The van der Waals surface area contributed by atoms with Crippen molar-refractivity contribution in [1.82, 2.24) is 5.32 Å². The second-order valence-electron chi connectivity index (χ2n) is 8.10. The van der Waals surface area contributed by atoms with Gasteiger partial charge >= 0.3 is 0 Å². The number of amides is 1. The van der Waals surface area contributed by atoms with Crippen LogP contribution in [0.2, 0.25) is 0 Å². The van der Waals surface area contributed by atoms with Gasteiger partial charge in [0.1, 0.15) is 0 Å². The van der Waals surface area contributed by atoms with E-state index in [0.29, 0.717) is 25.3 Å². The van der Waals surface area contributed by atoms with E-state index in [0.717, 1.165) is 25.2 Å². The Labute approximate surface area is 160 Å². The number of hydrogen-bond acceptors (Lipinski definition) is 6. The molecular weight excluding hydrogens is 370 g/mol. The lowest BCUT2D eigenvalue weighted by atomic mass is 9.94. The monoisotopic (exact) mass is 397 g/mol. The van der Waals surface area contributed by atoms with Gasteiger partial charge in [-0.15, -0.1) is 0 Å². The minimum absolute atomic E-state index is 0.0215. The summed E-state index contributed by atoms with van der Waals surface area (Å²) >= 11 is 0. The van der Waals surface area contributed by atoms with Gasteiger partial charge < -0.3 is 10.2 Å². The zero-order valence-electron chi connectivity index (χ0n) is 16.2. The maximum Gasteiger partial charge on any atom is 0.270 e. The number of nitro benzene ring substituents is 1. The van der Waals surface area contributed by atoms with Crippen LogP contribution in [0.4, 0.5) is 11.4 Å². The molecule has 1 aliphatic heterocycles. The number of non-ortho nitro benzene ring substituents is 1. The summed E-state index contributed by atoms with van der Waals surface area (Å²) in [6, 6.07) is 3.95. The molecule has 1 unspecified atom stereocenters. The minimum Gasteiger partial charge on any atom is -0.370 e. The number of anilines is 1. The Morgan fingerprint density at radius 2 is 2.04 bits per heavy atom. The maximum absolute atomic E-state index is 12.2. The van der Waals surface area contributed by atoms with Gasteiger partial charge in [-0.1, -0.05) is 20.8 Å². The van der Waals surface area contributed by atoms with Crippen LogP contribution in [0.25, 0.3) is 0 Å². The third-order valence-corrected chi connectivity index (χ3v) is 5.77. The first kappa shape index (κ1) is 21.1. The summed E-state index contributed by atoms with van der Waals surface area (Å²) < 4.78 is 24.3. The van der Waals surface area contributed by atoms with Gasteiger partial charge in [-0.2, -0.15) is 0 Å². The maximum atomic E-state index is 12.2.